The zero-order valence-corrected chi connectivity index (χ0v) is 9.51. The summed E-state index contributed by atoms with van der Waals surface area (Å²) in [5, 5.41) is 0.592. The van der Waals surface area contributed by atoms with Gasteiger partial charge >= 0.3 is 0 Å². The molecule has 0 spiro atoms. The Balaban J connectivity index is 3.03. The average Bonchev–Trinajstić information content (AvgIpc) is 2.09. The second-order valence-corrected chi connectivity index (χ2v) is 3.80. The van der Waals surface area contributed by atoms with Crippen LogP contribution in [0, 0.1) is 0 Å². The topological polar surface area (TPSA) is 85.2 Å². The molecular weight excluding hydrogens is 239 g/mol. The zero-order valence-electron chi connectivity index (χ0n) is 8.00. The molecule has 15 heavy (non-hydrogen) atoms. The van der Waals surface area contributed by atoms with Crippen molar-refractivity contribution < 1.29 is 4.79 Å². The third-order valence-electron chi connectivity index (χ3n) is 1.69. The molecule has 1 amide bonds. The van der Waals surface area contributed by atoms with Gasteiger partial charge in [0.05, 0.1) is 16.6 Å². The van der Waals surface area contributed by atoms with Crippen LogP contribution in [0.3, 0.4) is 0 Å². The maximum atomic E-state index is 10.7. The number of likely N-dealkylation sites (N-methyl/N-ethyl adjacent to an activating group) is 1. The highest BCUT2D eigenvalue weighted by molar-refractivity contribution is 6.37. The first-order valence-electron chi connectivity index (χ1n) is 4.02. The number of carbonyl (C=O) groups is 1. The van der Waals surface area contributed by atoms with Gasteiger partial charge < -0.3 is 16.4 Å². The summed E-state index contributed by atoms with van der Waals surface area (Å²) in [6.07, 6.45) is 0. The van der Waals surface area contributed by atoms with Crippen LogP contribution in [-0.2, 0) is 4.79 Å². The molecule has 0 aliphatic carbocycles. The van der Waals surface area contributed by atoms with Gasteiger partial charge in [0, 0.05) is 7.05 Å². The molecule has 0 saturated heterocycles. The second kappa shape index (κ2) is 4.55. The third kappa shape index (κ3) is 2.87. The fourth-order valence-electron chi connectivity index (χ4n) is 1.05. The molecule has 1 aromatic rings. The highest BCUT2D eigenvalue weighted by atomic mass is 35.5. The van der Waals surface area contributed by atoms with Crippen molar-refractivity contribution in [3.8, 4) is 0 Å². The predicted octanol–water partition coefficient (Wildman–Crippen LogP) is 0.892. The first kappa shape index (κ1) is 11.9. The van der Waals surface area contributed by atoms with Crippen molar-refractivity contribution in [3.63, 3.8) is 0 Å². The lowest BCUT2D eigenvalue weighted by Gasteiger charge is -2.17. The lowest BCUT2D eigenvalue weighted by atomic mass is 10.4. The fourth-order valence-corrected chi connectivity index (χ4v) is 1.55. The Kier molecular flexibility index (Phi) is 3.60. The van der Waals surface area contributed by atoms with Gasteiger partial charge in [-0.05, 0) is 6.07 Å². The number of pyridine rings is 1. The van der Waals surface area contributed by atoms with Gasteiger partial charge in [-0.25, -0.2) is 4.98 Å². The van der Waals surface area contributed by atoms with E-state index < -0.39 is 5.91 Å². The Labute approximate surface area is 97.0 Å². The Bertz CT molecular complexity index is 396. The number of amides is 1. The number of hydrogen-bond donors (Lipinski definition) is 2. The molecule has 0 radical (unpaired) electrons. The summed E-state index contributed by atoms with van der Waals surface area (Å²) in [4.78, 5) is 16.2. The molecule has 82 valence electrons. The number of halogens is 2. The zero-order chi connectivity index (χ0) is 11.6. The third-order valence-corrected chi connectivity index (χ3v) is 2.27. The van der Waals surface area contributed by atoms with Crippen LogP contribution in [0.15, 0.2) is 6.07 Å². The Hall–Kier alpha value is -1.20. The first-order valence-corrected chi connectivity index (χ1v) is 4.78. The number of nitrogens with two attached hydrogens (primary N) is 2. The van der Waals surface area contributed by atoms with Crippen LogP contribution in [0.1, 0.15) is 0 Å². The fraction of sp³-hybridized carbons (Fsp3) is 0.250. The Morgan fingerprint density at radius 3 is 2.67 bits per heavy atom. The van der Waals surface area contributed by atoms with E-state index in [1.54, 1.807) is 7.05 Å². The number of rotatable bonds is 3. The molecule has 0 atom stereocenters. The van der Waals surface area contributed by atoms with Crippen molar-refractivity contribution in [2.75, 3.05) is 24.2 Å². The number of nitrogens with zero attached hydrogens (tertiary/aromatic N) is 2. The van der Waals surface area contributed by atoms with Crippen molar-refractivity contribution in [1.82, 2.24) is 4.98 Å². The van der Waals surface area contributed by atoms with Gasteiger partial charge in [-0.3, -0.25) is 4.79 Å². The molecule has 0 unspecified atom stereocenters. The largest absolute Gasteiger partial charge is 0.382 e. The van der Waals surface area contributed by atoms with Crippen LogP contribution < -0.4 is 16.4 Å². The maximum Gasteiger partial charge on any atom is 0.236 e. The highest BCUT2D eigenvalue weighted by Gasteiger charge is 2.12. The molecule has 0 fully saturated rings. The minimum Gasteiger partial charge on any atom is -0.382 e. The van der Waals surface area contributed by atoms with Gasteiger partial charge in [0.2, 0.25) is 5.91 Å². The van der Waals surface area contributed by atoms with Crippen LogP contribution in [-0.4, -0.2) is 24.5 Å². The number of hydrogen-bond acceptors (Lipinski definition) is 4. The molecule has 1 aromatic heterocycles. The van der Waals surface area contributed by atoms with Gasteiger partial charge in [0.15, 0.2) is 0 Å². The molecule has 0 aliphatic heterocycles. The van der Waals surface area contributed by atoms with E-state index in [9.17, 15) is 4.79 Å². The number of nitrogen functional groups attached to an aromatic ring is 1. The summed E-state index contributed by atoms with van der Waals surface area (Å²) in [5.74, 6) is 0.0497. The van der Waals surface area contributed by atoms with E-state index in [1.165, 1.54) is 11.0 Å². The van der Waals surface area contributed by atoms with Crippen LogP contribution in [0.25, 0.3) is 0 Å². The lowest BCUT2D eigenvalue weighted by Crippen LogP contribution is -2.31. The summed E-state index contributed by atoms with van der Waals surface area (Å²) in [7, 11) is 1.63. The van der Waals surface area contributed by atoms with E-state index in [-0.39, 0.29) is 17.4 Å². The molecule has 1 heterocycles. The van der Waals surface area contributed by atoms with E-state index >= 15 is 0 Å². The molecule has 0 aromatic carbocycles. The smallest absolute Gasteiger partial charge is 0.236 e. The standard InChI is InChI=1S/C8H10Cl2N4O/c1-14(3-6(11)15)8-5(10)2-4(9)7(12)13-8/h2H,3H2,1H3,(H2,11,15)(H2,12,13). The number of primary amides is 1. The summed E-state index contributed by atoms with van der Waals surface area (Å²) in [6, 6.07) is 1.47. The second-order valence-electron chi connectivity index (χ2n) is 2.98. The molecule has 4 N–H and O–H groups in total. The minimum absolute atomic E-state index is 0.00773. The minimum atomic E-state index is -0.483. The van der Waals surface area contributed by atoms with Gasteiger partial charge in [0.25, 0.3) is 0 Å². The van der Waals surface area contributed by atoms with Crippen LogP contribution in [0.5, 0.6) is 0 Å². The maximum absolute atomic E-state index is 10.7. The van der Waals surface area contributed by atoms with Crippen molar-refractivity contribution in [2.24, 2.45) is 5.73 Å². The summed E-state index contributed by atoms with van der Waals surface area (Å²) in [6.45, 7) is 0.00773. The summed E-state index contributed by atoms with van der Waals surface area (Å²) < 4.78 is 0. The van der Waals surface area contributed by atoms with Gasteiger partial charge in [-0.15, -0.1) is 0 Å². The van der Waals surface area contributed by atoms with E-state index in [1.807, 2.05) is 0 Å². The first-order chi connectivity index (χ1) is 6.91. The molecule has 5 nitrogen and oxygen atoms in total. The van der Waals surface area contributed by atoms with E-state index in [2.05, 4.69) is 4.98 Å². The SMILES string of the molecule is CN(CC(N)=O)c1nc(N)c(Cl)cc1Cl. The number of aromatic nitrogens is 1. The molecule has 0 aliphatic rings. The molecule has 0 bridgehead atoms. The van der Waals surface area contributed by atoms with Gasteiger partial charge in [-0.2, -0.15) is 0 Å². The predicted molar refractivity (Wildman–Crippen MR) is 61.1 cm³/mol. The quantitative estimate of drug-likeness (QED) is 0.833. The van der Waals surface area contributed by atoms with Crippen molar-refractivity contribution in [1.29, 1.82) is 0 Å². The summed E-state index contributed by atoms with van der Waals surface area (Å²) in [5.41, 5.74) is 10.6. The Morgan fingerprint density at radius 2 is 2.13 bits per heavy atom. The molecule has 0 saturated carbocycles. The van der Waals surface area contributed by atoms with Crippen molar-refractivity contribution in [2.45, 2.75) is 0 Å². The highest BCUT2D eigenvalue weighted by Crippen LogP contribution is 2.29. The summed E-state index contributed by atoms with van der Waals surface area (Å²) >= 11 is 11.6. The van der Waals surface area contributed by atoms with E-state index in [0.29, 0.717) is 10.8 Å². The Morgan fingerprint density at radius 1 is 1.53 bits per heavy atom. The normalized spacial score (nSPS) is 10.1. The van der Waals surface area contributed by atoms with Gasteiger partial charge in [0.1, 0.15) is 11.6 Å². The van der Waals surface area contributed by atoms with E-state index in [4.69, 9.17) is 34.7 Å². The van der Waals surface area contributed by atoms with Crippen LogP contribution in [0.4, 0.5) is 11.6 Å². The monoisotopic (exact) mass is 248 g/mol. The van der Waals surface area contributed by atoms with Gasteiger partial charge in [-0.1, -0.05) is 23.2 Å². The van der Waals surface area contributed by atoms with Crippen molar-refractivity contribution >= 4 is 40.7 Å². The van der Waals surface area contributed by atoms with Crippen LogP contribution in [0.2, 0.25) is 10.0 Å². The van der Waals surface area contributed by atoms with Crippen molar-refractivity contribution in [3.05, 3.63) is 16.1 Å². The van der Waals surface area contributed by atoms with Crippen LogP contribution >= 0.6 is 23.2 Å². The molecular formula is C8H10Cl2N4O. The molecule has 7 heteroatoms. The average molecular weight is 249 g/mol. The number of anilines is 2. The lowest BCUT2D eigenvalue weighted by molar-refractivity contribution is -0.116. The number of carbonyl (C=O) groups excluding carboxylic acids is 1. The van der Waals surface area contributed by atoms with E-state index in [0.717, 1.165) is 0 Å². The molecule has 1 rings (SSSR count).